The van der Waals surface area contributed by atoms with Crippen LogP contribution in [0.1, 0.15) is 11.1 Å². The first-order valence-corrected chi connectivity index (χ1v) is 11.3. The quantitative estimate of drug-likeness (QED) is 0.393. The minimum atomic E-state index is -4.08. The Kier molecular flexibility index (Phi) is 6.98. The minimum absolute atomic E-state index is 0.0331. The molecular weight excluding hydrogens is 446 g/mol. The van der Waals surface area contributed by atoms with Crippen LogP contribution in [0.3, 0.4) is 0 Å². The summed E-state index contributed by atoms with van der Waals surface area (Å²) >= 11 is 0. The van der Waals surface area contributed by atoms with Crippen molar-refractivity contribution in [2.45, 2.75) is 18.7 Å². The molecule has 0 spiro atoms. The number of anilines is 2. The minimum Gasteiger partial charge on any atom is -0.495 e. The molecule has 0 fully saturated rings. The number of sulfonamides is 1. The lowest BCUT2D eigenvalue weighted by Crippen LogP contribution is -2.38. The Morgan fingerprint density at radius 3 is 2.36 bits per heavy atom. The van der Waals surface area contributed by atoms with E-state index in [-0.39, 0.29) is 22.0 Å². The maximum Gasteiger partial charge on any atom is 0.271 e. The van der Waals surface area contributed by atoms with Crippen molar-refractivity contribution in [3.05, 3.63) is 88.0 Å². The summed E-state index contributed by atoms with van der Waals surface area (Å²) in [6.45, 7) is 3.10. The highest BCUT2D eigenvalue weighted by molar-refractivity contribution is 7.92. The van der Waals surface area contributed by atoms with Crippen LogP contribution in [0, 0.1) is 24.0 Å². The van der Waals surface area contributed by atoms with Gasteiger partial charge in [-0.1, -0.05) is 35.9 Å². The first kappa shape index (κ1) is 23.7. The molecule has 0 unspecified atom stereocenters. The highest BCUT2D eigenvalue weighted by Gasteiger charge is 2.28. The molecule has 0 radical (unpaired) electrons. The van der Waals surface area contributed by atoms with Gasteiger partial charge in [-0.25, -0.2) is 8.42 Å². The lowest BCUT2D eigenvalue weighted by molar-refractivity contribution is -0.384. The standard InChI is InChI=1S/C23H23N3O6S/c1-16-9-11-21(17(2)13-16)25(33(30,31)19-7-5-4-6-8-19)15-23(27)24-20-14-18(26(28)29)10-12-22(20)32-3/h4-14H,15H2,1-3H3,(H,24,27). The first-order chi connectivity index (χ1) is 15.6. The molecule has 0 atom stereocenters. The summed E-state index contributed by atoms with van der Waals surface area (Å²) in [5.41, 5.74) is 1.79. The van der Waals surface area contributed by atoms with Gasteiger partial charge in [0.1, 0.15) is 12.3 Å². The predicted molar refractivity (Wildman–Crippen MR) is 125 cm³/mol. The highest BCUT2D eigenvalue weighted by Crippen LogP contribution is 2.30. The van der Waals surface area contributed by atoms with E-state index in [1.165, 1.54) is 31.4 Å². The predicted octanol–water partition coefficient (Wildman–Crippen LogP) is 4.05. The van der Waals surface area contributed by atoms with Crippen LogP contribution in [0.4, 0.5) is 17.1 Å². The number of benzene rings is 3. The number of hydrogen-bond acceptors (Lipinski definition) is 6. The highest BCUT2D eigenvalue weighted by atomic mass is 32.2. The largest absolute Gasteiger partial charge is 0.495 e. The lowest BCUT2D eigenvalue weighted by atomic mass is 10.1. The Hall–Kier alpha value is -3.92. The summed E-state index contributed by atoms with van der Waals surface area (Å²) in [5.74, 6) is -0.480. The topological polar surface area (TPSA) is 119 Å². The van der Waals surface area contributed by atoms with E-state index in [1.807, 2.05) is 13.0 Å². The number of nitro groups is 1. The molecule has 0 saturated carbocycles. The Morgan fingerprint density at radius 1 is 1.06 bits per heavy atom. The van der Waals surface area contributed by atoms with E-state index < -0.39 is 27.4 Å². The Morgan fingerprint density at radius 2 is 1.76 bits per heavy atom. The Bertz CT molecular complexity index is 1290. The lowest BCUT2D eigenvalue weighted by Gasteiger charge is -2.26. The van der Waals surface area contributed by atoms with Gasteiger partial charge >= 0.3 is 0 Å². The normalized spacial score (nSPS) is 11.0. The number of nitrogens with one attached hydrogen (secondary N) is 1. The SMILES string of the molecule is COc1ccc([N+](=O)[O-])cc1NC(=O)CN(c1ccc(C)cc1C)S(=O)(=O)c1ccccc1. The third kappa shape index (κ3) is 5.29. The van der Waals surface area contributed by atoms with Gasteiger partial charge in [-0.2, -0.15) is 0 Å². The molecular formula is C23H23N3O6S. The number of amides is 1. The van der Waals surface area contributed by atoms with Crippen LogP contribution >= 0.6 is 0 Å². The van der Waals surface area contributed by atoms with Gasteiger partial charge in [0.05, 0.1) is 28.3 Å². The molecule has 0 aliphatic carbocycles. The molecule has 0 aliphatic heterocycles. The molecule has 3 rings (SSSR count). The van der Waals surface area contributed by atoms with Gasteiger partial charge in [0, 0.05) is 12.1 Å². The molecule has 3 aromatic rings. The smallest absolute Gasteiger partial charge is 0.271 e. The Labute approximate surface area is 191 Å². The van der Waals surface area contributed by atoms with E-state index in [0.29, 0.717) is 11.3 Å². The number of methoxy groups -OCH3 is 1. The maximum atomic E-state index is 13.5. The molecule has 9 nitrogen and oxygen atoms in total. The van der Waals surface area contributed by atoms with Gasteiger partial charge < -0.3 is 10.1 Å². The van der Waals surface area contributed by atoms with Crippen LogP contribution in [-0.4, -0.2) is 32.9 Å². The third-order valence-electron chi connectivity index (χ3n) is 4.91. The van der Waals surface area contributed by atoms with Gasteiger partial charge in [-0.05, 0) is 43.7 Å². The average Bonchev–Trinajstić information content (AvgIpc) is 2.78. The number of hydrogen-bond donors (Lipinski definition) is 1. The fourth-order valence-corrected chi connectivity index (χ4v) is 4.84. The molecule has 0 aliphatic rings. The summed E-state index contributed by atoms with van der Waals surface area (Å²) in [7, 11) is -2.72. The van der Waals surface area contributed by atoms with Gasteiger partial charge in [0.2, 0.25) is 5.91 Å². The molecule has 10 heteroatoms. The summed E-state index contributed by atoms with van der Waals surface area (Å²) < 4.78 is 33.1. The van der Waals surface area contributed by atoms with Crippen molar-refractivity contribution >= 4 is 33.0 Å². The van der Waals surface area contributed by atoms with E-state index in [4.69, 9.17) is 4.74 Å². The zero-order valence-corrected chi connectivity index (χ0v) is 19.1. The van der Waals surface area contributed by atoms with Crippen molar-refractivity contribution in [1.82, 2.24) is 0 Å². The van der Waals surface area contributed by atoms with Crippen molar-refractivity contribution in [2.24, 2.45) is 0 Å². The van der Waals surface area contributed by atoms with Crippen LogP contribution in [0.25, 0.3) is 0 Å². The van der Waals surface area contributed by atoms with Gasteiger partial charge in [0.25, 0.3) is 15.7 Å². The average molecular weight is 470 g/mol. The number of carbonyl (C=O) groups excluding carboxylic acids is 1. The second-order valence-corrected chi connectivity index (χ2v) is 9.17. The van der Waals surface area contributed by atoms with E-state index in [9.17, 15) is 23.3 Å². The molecule has 172 valence electrons. The molecule has 0 heterocycles. The van der Waals surface area contributed by atoms with Crippen molar-refractivity contribution in [3.63, 3.8) is 0 Å². The monoisotopic (exact) mass is 469 g/mol. The zero-order chi connectivity index (χ0) is 24.2. The van der Waals surface area contributed by atoms with Crippen molar-refractivity contribution in [1.29, 1.82) is 0 Å². The van der Waals surface area contributed by atoms with E-state index in [1.54, 1.807) is 37.3 Å². The zero-order valence-electron chi connectivity index (χ0n) is 18.3. The molecule has 1 N–H and O–H groups in total. The van der Waals surface area contributed by atoms with Crippen LogP contribution in [0.2, 0.25) is 0 Å². The first-order valence-electron chi connectivity index (χ1n) is 9.91. The molecule has 0 aromatic heterocycles. The number of nitrogens with zero attached hydrogens (tertiary/aromatic N) is 2. The van der Waals surface area contributed by atoms with Crippen molar-refractivity contribution in [3.8, 4) is 5.75 Å². The number of carbonyl (C=O) groups is 1. The molecule has 0 saturated heterocycles. The second kappa shape index (κ2) is 9.70. The third-order valence-corrected chi connectivity index (χ3v) is 6.68. The molecule has 3 aromatic carbocycles. The molecule has 1 amide bonds. The fraction of sp³-hybridized carbons (Fsp3) is 0.174. The fourth-order valence-electron chi connectivity index (χ4n) is 3.33. The van der Waals surface area contributed by atoms with Crippen LogP contribution < -0.4 is 14.4 Å². The number of rotatable bonds is 8. The van der Waals surface area contributed by atoms with Crippen LogP contribution in [0.15, 0.2) is 71.6 Å². The second-order valence-electron chi connectivity index (χ2n) is 7.30. The van der Waals surface area contributed by atoms with E-state index >= 15 is 0 Å². The summed E-state index contributed by atoms with van der Waals surface area (Å²) in [4.78, 5) is 23.5. The Balaban J connectivity index is 2.00. The molecule has 33 heavy (non-hydrogen) atoms. The van der Waals surface area contributed by atoms with Crippen LogP contribution in [0.5, 0.6) is 5.75 Å². The number of ether oxygens (including phenoxy) is 1. The van der Waals surface area contributed by atoms with Gasteiger partial charge in [-0.3, -0.25) is 19.2 Å². The van der Waals surface area contributed by atoms with Crippen LogP contribution in [-0.2, 0) is 14.8 Å². The van der Waals surface area contributed by atoms with Gasteiger partial charge in [0.15, 0.2) is 0 Å². The number of nitro benzene ring substituents is 1. The summed E-state index contributed by atoms with van der Waals surface area (Å²) in [6.07, 6.45) is 0. The summed E-state index contributed by atoms with van der Waals surface area (Å²) in [6, 6.07) is 16.8. The number of non-ortho nitro benzene ring substituents is 1. The van der Waals surface area contributed by atoms with E-state index in [0.717, 1.165) is 15.9 Å². The van der Waals surface area contributed by atoms with Crippen molar-refractivity contribution < 1.29 is 22.9 Å². The van der Waals surface area contributed by atoms with Gasteiger partial charge in [-0.15, -0.1) is 0 Å². The van der Waals surface area contributed by atoms with E-state index in [2.05, 4.69) is 5.32 Å². The summed E-state index contributed by atoms with van der Waals surface area (Å²) in [5, 5.41) is 13.7. The molecule has 0 bridgehead atoms. The van der Waals surface area contributed by atoms with Crippen molar-refractivity contribution in [2.75, 3.05) is 23.3 Å². The number of aryl methyl sites for hydroxylation is 2. The maximum absolute atomic E-state index is 13.5.